The van der Waals surface area contributed by atoms with Crippen LogP contribution in [-0.2, 0) is 28.8 Å². The number of hydrogen-bond donors (Lipinski definition) is 0. The van der Waals surface area contributed by atoms with Crippen LogP contribution in [0.1, 0.15) is 46.5 Å². The van der Waals surface area contributed by atoms with Crippen LogP contribution < -0.4 is 10.4 Å². The van der Waals surface area contributed by atoms with Crippen LogP contribution in [0.3, 0.4) is 0 Å². The van der Waals surface area contributed by atoms with Crippen molar-refractivity contribution in [2.75, 3.05) is 20.7 Å². The Hall–Kier alpha value is -2.38. The molecule has 2 fully saturated rings. The number of fused-ring (bicyclic) bond motifs is 1. The van der Waals surface area contributed by atoms with Crippen molar-refractivity contribution in [3.8, 4) is 0 Å². The average molecular weight is 586 g/mol. The van der Waals surface area contributed by atoms with Gasteiger partial charge in [0.1, 0.15) is 24.4 Å². The van der Waals surface area contributed by atoms with Crippen molar-refractivity contribution < 1.29 is 27.1 Å². The highest BCUT2D eigenvalue weighted by atomic mass is 32.2. The fourth-order valence-corrected chi connectivity index (χ4v) is 11.4. The van der Waals surface area contributed by atoms with Gasteiger partial charge in [0.15, 0.2) is 11.6 Å². The Morgan fingerprint density at radius 3 is 2.05 bits per heavy atom. The lowest BCUT2D eigenvalue weighted by atomic mass is 10.1. The Bertz CT molecular complexity index is 1380. The molecule has 0 amide bonds. The Kier molecular flexibility index (Phi) is 7.62. The van der Waals surface area contributed by atoms with Crippen molar-refractivity contribution in [3.05, 3.63) is 78.9 Å². The first-order valence-corrected chi connectivity index (χ1v) is 16.8. The zero-order chi connectivity index (χ0) is 28.9. The molecule has 4 atom stereocenters. The summed E-state index contributed by atoms with van der Waals surface area (Å²) in [5.41, 5.74) is 0. The third kappa shape index (κ3) is 4.98. The van der Waals surface area contributed by atoms with Crippen LogP contribution in [-0.4, -0.2) is 74.8 Å². The molecule has 40 heavy (non-hydrogen) atoms. The van der Waals surface area contributed by atoms with Crippen molar-refractivity contribution in [1.29, 1.82) is 0 Å². The second-order valence-corrected chi connectivity index (χ2v) is 18.3. The quantitative estimate of drug-likeness (QED) is 0.375. The van der Waals surface area contributed by atoms with Gasteiger partial charge < -0.3 is 18.6 Å². The number of ether oxygens (including phenoxy) is 3. The number of nitrogens with zero attached hydrogens (tertiary/aromatic N) is 3. The molecule has 0 radical (unpaired) electrons. The molecule has 0 N–H and O–H groups in total. The molecule has 1 aromatic heterocycles. The number of aromatic nitrogens is 2. The van der Waals surface area contributed by atoms with E-state index < -0.39 is 48.7 Å². The first-order valence-electron chi connectivity index (χ1n) is 13.5. The van der Waals surface area contributed by atoms with Crippen molar-refractivity contribution in [1.82, 2.24) is 13.3 Å². The zero-order valence-corrected chi connectivity index (χ0v) is 26.0. The Morgan fingerprint density at radius 1 is 0.975 bits per heavy atom. The van der Waals surface area contributed by atoms with Gasteiger partial charge in [0.25, 0.3) is 8.32 Å². The number of hydrogen-bond acceptors (Lipinski definition) is 7. The fraction of sp³-hybridized carbons (Fsp3) is 0.483. The highest BCUT2D eigenvalue weighted by Crippen LogP contribution is 2.46. The van der Waals surface area contributed by atoms with Crippen LogP contribution in [0.5, 0.6) is 0 Å². The van der Waals surface area contributed by atoms with Crippen LogP contribution in [0.15, 0.2) is 73.1 Å². The first kappa shape index (κ1) is 29.1. The molecule has 0 unspecified atom stereocenters. The van der Waals surface area contributed by atoms with Crippen LogP contribution in [0.2, 0.25) is 5.04 Å². The Morgan fingerprint density at radius 2 is 1.52 bits per heavy atom. The van der Waals surface area contributed by atoms with Crippen LogP contribution in [0.25, 0.3) is 0 Å². The summed E-state index contributed by atoms with van der Waals surface area (Å²) in [6, 6.07) is 20.8. The molecule has 0 aliphatic carbocycles. The average Bonchev–Trinajstić information content (AvgIpc) is 3.59. The molecule has 2 aromatic carbocycles. The second-order valence-electron chi connectivity index (χ2n) is 12.0. The lowest BCUT2D eigenvalue weighted by Gasteiger charge is -2.43. The smallest absolute Gasteiger partial charge is 0.308 e. The molecule has 2 aliphatic heterocycles. The van der Waals surface area contributed by atoms with Gasteiger partial charge in [0, 0.05) is 26.5 Å². The monoisotopic (exact) mass is 585 g/mol. The van der Waals surface area contributed by atoms with Crippen molar-refractivity contribution in [2.24, 2.45) is 0 Å². The minimum atomic E-state index is -3.82. The predicted octanol–water partition coefficient (Wildman–Crippen LogP) is 3.07. The maximum absolute atomic E-state index is 13.1. The van der Waals surface area contributed by atoms with E-state index in [-0.39, 0.29) is 17.5 Å². The Balaban J connectivity index is 1.53. The van der Waals surface area contributed by atoms with Crippen molar-refractivity contribution >= 4 is 28.9 Å². The molecule has 0 saturated carbocycles. The lowest BCUT2D eigenvalue weighted by molar-refractivity contribution is -0.191. The molecule has 2 saturated heterocycles. The number of benzene rings is 2. The van der Waals surface area contributed by atoms with Gasteiger partial charge in [-0.15, -0.1) is 0 Å². The van der Waals surface area contributed by atoms with Gasteiger partial charge in [-0.25, -0.2) is 8.96 Å². The van der Waals surface area contributed by atoms with Gasteiger partial charge in [-0.2, -0.15) is 12.7 Å². The van der Waals surface area contributed by atoms with E-state index in [0.29, 0.717) is 0 Å². The van der Waals surface area contributed by atoms with Crippen LogP contribution in [0, 0.1) is 0 Å². The largest absolute Gasteiger partial charge is 0.405 e. The second kappa shape index (κ2) is 10.5. The van der Waals surface area contributed by atoms with Crippen molar-refractivity contribution in [2.45, 2.75) is 69.9 Å². The van der Waals surface area contributed by atoms with E-state index in [1.165, 1.54) is 26.5 Å². The maximum Gasteiger partial charge on any atom is 0.308 e. The van der Waals surface area contributed by atoms with E-state index >= 15 is 0 Å². The third-order valence-electron chi connectivity index (χ3n) is 7.63. The summed E-state index contributed by atoms with van der Waals surface area (Å²) in [5.74, 6) is -0.622. The van der Waals surface area contributed by atoms with Gasteiger partial charge >= 0.3 is 10.2 Å². The van der Waals surface area contributed by atoms with Crippen LogP contribution in [0.4, 0.5) is 0 Å². The highest BCUT2D eigenvalue weighted by Gasteiger charge is 2.58. The summed E-state index contributed by atoms with van der Waals surface area (Å²) < 4.78 is 54.7. The van der Waals surface area contributed by atoms with E-state index in [1.807, 2.05) is 26.0 Å². The molecule has 0 spiro atoms. The molecule has 3 heterocycles. The zero-order valence-electron chi connectivity index (χ0n) is 24.1. The molecule has 0 bridgehead atoms. The number of imidazole rings is 1. The minimum absolute atomic E-state index is 0.213. The van der Waals surface area contributed by atoms with Gasteiger partial charge in [0.2, 0.25) is 0 Å². The lowest BCUT2D eigenvalue weighted by Crippen LogP contribution is -2.67. The first-order chi connectivity index (χ1) is 18.8. The standard InChI is InChI=1S/C29H39N3O6SSi/c1-28(2,3)40(21-14-10-8-11-15-21,22-16-12-9-13-17-22)35-20-23-24-25(38-29(4,5)37-24)26(36-23)27-30-18-19-32(27)39(33,34)31(6)7/h8-19,23-26H,20H2,1-7H3/t23-,24-,25-,26+/m1/s1. The minimum Gasteiger partial charge on any atom is -0.405 e. The SMILES string of the molecule is CN(C)S(=O)(=O)n1ccnc1[C@H]1O[C@H](CO[Si](c2ccccc2)(c2ccccc2)C(C)(C)C)[C@H]2OC(C)(C)O[C@H]21. The van der Waals surface area contributed by atoms with Gasteiger partial charge in [-0.1, -0.05) is 81.4 Å². The number of rotatable bonds is 8. The van der Waals surface area contributed by atoms with Gasteiger partial charge in [-0.05, 0) is 29.3 Å². The topological polar surface area (TPSA) is 92.1 Å². The summed E-state index contributed by atoms with van der Waals surface area (Å²) in [6.45, 7) is 10.6. The van der Waals surface area contributed by atoms with Gasteiger partial charge in [-0.3, -0.25) is 0 Å². The molecule has 5 rings (SSSR count). The molecule has 9 nitrogen and oxygen atoms in total. The van der Waals surface area contributed by atoms with Crippen molar-refractivity contribution in [3.63, 3.8) is 0 Å². The summed E-state index contributed by atoms with van der Waals surface area (Å²) in [6.07, 6.45) is 0.597. The molecular formula is C29H39N3O6SSi. The molecule has 11 heteroatoms. The normalized spacial score (nSPS) is 24.9. The molecule has 2 aliphatic rings. The molecule has 3 aromatic rings. The van der Waals surface area contributed by atoms with Crippen LogP contribution >= 0.6 is 0 Å². The summed E-state index contributed by atoms with van der Waals surface area (Å²) in [5, 5.41) is 2.11. The molecule has 216 valence electrons. The van der Waals surface area contributed by atoms with E-state index in [9.17, 15) is 8.42 Å². The van der Waals surface area contributed by atoms with E-state index in [4.69, 9.17) is 18.6 Å². The maximum atomic E-state index is 13.1. The fourth-order valence-electron chi connectivity index (χ4n) is 5.87. The summed E-state index contributed by atoms with van der Waals surface area (Å²) in [7, 11) is -3.69. The van der Waals surface area contributed by atoms with E-state index in [2.05, 4.69) is 74.3 Å². The molecular weight excluding hydrogens is 546 g/mol. The van der Waals surface area contributed by atoms with Gasteiger partial charge in [0.05, 0.1) is 6.61 Å². The Labute approximate surface area is 238 Å². The summed E-state index contributed by atoms with van der Waals surface area (Å²) >= 11 is 0. The highest BCUT2D eigenvalue weighted by molar-refractivity contribution is 7.87. The third-order valence-corrected chi connectivity index (χ3v) is 14.4. The summed E-state index contributed by atoms with van der Waals surface area (Å²) in [4.78, 5) is 4.40. The predicted molar refractivity (Wildman–Crippen MR) is 155 cm³/mol. The van der Waals surface area contributed by atoms with E-state index in [1.54, 1.807) is 0 Å². The van der Waals surface area contributed by atoms with E-state index in [0.717, 1.165) is 18.7 Å².